The fourth-order valence-electron chi connectivity index (χ4n) is 2.14. The van der Waals surface area contributed by atoms with Crippen LogP contribution in [-0.4, -0.2) is 20.9 Å². The highest BCUT2D eigenvalue weighted by molar-refractivity contribution is 7.89. The maximum Gasteiger partial charge on any atom is 0.243 e. The number of nitrogens with one attached hydrogen (secondary N) is 2. The fourth-order valence-corrected chi connectivity index (χ4v) is 3.13. The zero-order valence-corrected chi connectivity index (χ0v) is 15.8. The van der Waals surface area contributed by atoms with E-state index in [0.717, 1.165) is 12.0 Å². The minimum absolute atomic E-state index is 0.0908. The molecule has 0 bridgehead atoms. The van der Waals surface area contributed by atoms with Crippen LogP contribution in [0, 0.1) is 5.92 Å². The van der Waals surface area contributed by atoms with E-state index in [4.69, 9.17) is 4.42 Å². The number of hydrogen-bond donors (Lipinski definition) is 2. The van der Waals surface area contributed by atoms with Gasteiger partial charge in [-0.05, 0) is 48.2 Å². The molecule has 0 atom stereocenters. The van der Waals surface area contributed by atoms with Gasteiger partial charge in [-0.25, -0.2) is 13.1 Å². The lowest BCUT2D eigenvalue weighted by atomic mass is 10.1. The third kappa shape index (κ3) is 6.50. The Morgan fingerprint density at radius 3 is 2.54 bits per heavy atom. The van der Waals surface area contributed by atoms with Gasteiger partial charge in [-0.15, -0.1) is 0 Å². The van der Waals surface area contributed by atoms with Crippen molar-refractivity contribution >= 4 is 22.0 Å². The molecule has 7 heteroatoms. The summed E-state index contributed by atoms with van der Waals surface area (Å²) >= 11 is 0. The van der Waals surface area contributed by atoms with Crippen molar-refractivity contribution in [2.24, 2.45) is 5.92 Å². The Morgan fingerprint density at radius 1 is 1.19 bits per heavy atom. The number of carbonyl (C=O) groups is 1. The highest BCUT2D eigenvalue weighted by Gasteiger charge is 2.13. The smallest absolute Gasteiger partial charge is 0.243 e. The lowest BCUT2D eigenvalue weighted by Gasteiger charge is -2.06. The highest BCUT2D eigenvalue weighted by atomic mass is 32.2. The van der Waals surface area contributed by atoms with Crippen LogP contribution in [0.2, 0.25) is 0 Å². The van der Waals surface area contributed by atoms with Gasteiger partial charge in [0.05, 0.1) is 17.7 Å². The average Bonchev–Trinajstić information content (AvgIpc) is 3.12. The zero-order valence-electron chi connectivity index (χ0n) is 14.9. The van der Waals surface area contributed by atoms with Crippen molar-refractivity contribution in [3.63, 3.8) is 0 Å². The van der Waals surface area contributed by atoms with Crippen molar-refractivity contribution in [1.29, 1.82) is 0 Å². The summed E-state index contributed by atoms with van der Waals surface area (Å²) < 4.78 is 32.1. The van der Waals surface area contributed by atoms with Crippen molar-refractivity contribution in [1.82, 2.24) is 10.0 Å². The topological polar surface area (TPSA) is 88.4 Å². The summed E-state index contributed by atoms with van der Waals surface area (Å²) in [5, 5.41) is 2.81. The molecule has 1 aromatic heterocycles. The molecule has 0 spiro atoms. The molecule has 140 valence electrons. The molecule has 1 aromatic carbocycles. The summed E-state index contributed by atoms with van der Waals surface area (Å²) in [5.41, 5.74) is 0.744. The predicted octanol–water partition coefficient (Wildman–Crippen LogP) is 2.93. The second-order valence-corrected chi connectivity index (χ2v) is 8.05. The van der Waals surface area contributed by atoms with Crippen LogP contribution >= 0.6 is 0 Å². The number of hydrogen-bond acceptors (Lipinski definition) is 4. The average molecular weight is 376 g/mol. The highest BCUT2D eigenvalue weighted by Crippen LogP contribution is 2.12. The monoisotopic (exact) mass is 376 g/mol. The Kier molecular flexibility index (Phi) is 7.17. The van der Waals surface area contributed by atoms with Crippen LogP contribution < -0.4 is 10.0 Å². The van der Waals surface area contributed by atoms with Crippen LogP contribution in [0.4, 0.5) is 0 Å². The molecule has 0 saturated heterocycles. The molecule has 0 fully saturated rings. The minimum Gasteiger partial charge on any atom is -0.468 e. The summed E-state index contributed by atoms with van der Waals surface area (Å²) in [4.78, 5) is 11.9. The maximum atomic E-state index is 12.2. The molecule has 2 rings (SSSR count). The van der Waals surface area contributed by atoms with E-state index in [1.54, 1.807) is 30.3 Å². The molecule has 0 aliphatic carbocycles. The molecule has 6 nitrogen and oxygen atoms in total. The van der Waals surface area contributed by atoms with E-state index in [0.29, 0.717) is 18.2 Å². The van der Waals surface area contributed by atoms with E-state index < -0.39 is 10.0 Å². The third-order valence-corrected chi connectivity index (χ3v) is 5.07. The number of amides is 1. The maximum absolute atomic E-state index is 12.2. The number of furan rings is 1. The van der Waals surface area contributed by atoms with Crippen LogP contribution in [0.15, 0.2) is 58.1 Å². The first-order valence-electron chi connectivity index (χ1n) is 8.45. The number of carbonyl (C=O) groups excluding carboxylic acids is 1. The van der Waals surface area contributed by atoms with Crippen molar-refractivity contribution < 1.29 is 17.6 Å². The van der Waals surface area contributed by atoms with Crippen LogP contribution in [0.5, 0.6) is 0 Å². The third-order valence-electron chi connectivity index (χ3n) is 3.65. The zero-order chi connectivity index (χ0) is 19.0. The second-order valence-electron chi connectivity index (χ2n) is 6.28. The van der Waals surface area contributed by atoms with Gasteiger partial charge < -0.3 is 9.73 Å². The molecule has 0 aliphatic rings. The predicted molar refractivity (Wildman–Crippen MR) is 101 cm³/mol. The molecule has 1 amide bonds. The summed E-state index contributed by atoms with van der Waals surface area (Å²) in [7, 11) is -3.62. The van der Waals surface area contributed by atoms with Gasteiger partial charge in [-0.1, -0.05) is 26.0 Å². The molecule has 0 radical (unpaired) electrons. The fraction of sp³-hybridized carbons (Fsp3) is 0.316. The van der Waals surface area contributed by atoms with E-state index in [1.165, 1.54) is 24.5 Å². The first-order chi connectivity index (χ1) is 12.4. The van der Waals surface area contributed by atoms with Gasteiger partial charge in [-0.2, -0.15) is 0 Å². The quantitative estimate of drug-likeness (QED) is 0.659. The summed E-state index contributed by atoms with van der Waals surface area (Å²) in [6, 6.07) is 9.70. The van der Waals surface area contributed by atoms with Gasteiger partial charge in [0.2, 0.25) is 15.9 Å². The normalized spacial score (nSPS) is 12.0. The van der Waals surface area contributed by atoms with Gasteiger partial charge >= 0.3 is 0 Å². The van der Waals surface area contributed by atoms with Crippen molar-refractivity contribution in [2.45, 2.75) is 31.7 Å². The molecule has 2 aromatic rings. The molecule has 1 heterocycles. The first-order valence-corrected chi connectivity index (χ1v) is 9.93. The molecular formula is C19H24N2O4S. The van der Waals surface area contributed by atoms with Crippen molar-refractivity contribution in [3.05, 3.63) is 60.1 Å². The number of sulfonamides is 1. The lowest BCUT2D eigenvalue weighted by molar-refractivity contribution is -0.116. The SMILES string of the molecule is CC(C)CCNC(=O)/C=C/c1ccc(S(=O)(=O)NCc2ccco2)cc1. The van der Waals surface area contributed by atoms with E-state index >= 15 is 0 Å². The summed E-state index contributed by atoms with van der Waals surface area (Å²) in [6.07, 6.45) is 5.51. The second kappa shape index (κ2) is 9.35. The van der Waals surface area contributed by atoms with Crippen molar-refractivity contribution in [3.8, 4) is 0 Å². The Labute approximate surface area is 154 Å². The summed E-state index contributed by atoms with van der Waals surface area (Å²) in [5.74, 6) is 0.911. The largest absolute Gasteiger partial charge is 0.468 e. The molecule has 0 unspecified atom stereocenters. The van der Waals surface area contributed by atoms with Crippen molar-refractivity contribution in [2.75, 3.05) is 6.54 Å². The Balaban J connectivity index is 1.90. The van der Waals surface area contributed by atoms with Gasteiger partial charge in [0.25, 0.3) is 0 Å². The van der Waals surface area contributed by atoms with Gasteiger partial charge in [-0.3, -0.25) is 4.79 Å². The lowest BCUT2D eigenvalue weighted by Crippen LogP contribution is -2.23. The standard InChI is InChI=1S/C19H24N2O4S/c1-15(2)11-12-20-19(22)10-7-16-5-8-18(9-6-16)26(23,24)21-14-17-4-3-13-25-17/h3-10,13,15,21H,11-12,14H2,1-2H3,(H,20,22)/b10-7+. The molecule has 2 N–H and O–H groups in total. The van der Waals surface area contributed by atoms with Gasteiger partial charge in [0.1, 0.15) is 5.76 Å². The number of benzene rings is 1. The van der Waals surface area contributed by atoms with Crippen LogP contribution in [0.25, 0.3) is 6.08 Å². The Bertz CT molecular complexity index is 823. The Hall–Kier alpha value is -2.38. The molecular weight excluding hydrogens is 352 g/mol. The summed E-state index contributed by atoms with van der Waals surface area (Å²) in [6.45, 7) is 4.93. The van der Waals surface area contributed by atoms with Crippen LogP contribution in [-0.2, 0) is 21.4 Å². The molecule has 26 heavy (non-hydrogen) atoms. The molecule has 0 saturated carbocycles. The van der Waals surface area contributed by atoms with Gasteiger partial charge in [0, 0.05) is 12.6 Å². The first kappa shape index (κ1) is 19.9. The minimum atomic E-state index is -3.62. The van der Waals surface area contributed by atoms with E-state index in [2.05, 4.69) is 23.9 Å². The number of rotatable bonds is 9. The van der Waals surface area contributed by atoms with E-state index in [9.17, 15) is 13.2 Å². The van der Waals surface area contributed by atoms with E-state index in [-0.39, 0.29) is 17.3 Å². The Morgan fingerprint density at radius 2 is 1.92 bits per heavy atom. The van der Waals surface area contributed by atoms with Crippen LogP contribution in [0.3, 0.4) is 0 Å². The van der Waals surface area contributed by atoms with Gasteiger partial charge in [0.15, 0.2) is 0 Å². The molecule has 0 aliphatic heterocycles. The van der Waals surface area contributed by atoms with Crippen LogP contribution in [0.1, 0.15) is 31.6 Å². The van der Waals surface area contributed by atoms with E-state index in [1.807, 2.05) is 0 Å².